The van der Waals surface area contributed by atoms with Gasteiger partial charge < -0.3 is 14.5 Å². The summed E-state index contributed by atoms with van der Waals surface area (Å²) in [5, 5.41) is 11.2. The Bertz CT molecular complexity index is 928. The lowest BCUT2D eigenvalue weighted by Crippen LogP contribution is -2.34. The van der Waals surface area contributed by atoms with E-state index in [1.54, 1.807) is 0 Å². The number of thioether (sulfide) groups is 1. The van der Waals surface area contributed by atoms with Gasteiger partial charge in [0.2, 0.25) is 11.8 Å². The molecule has 0 aliphatic carbocycles. The van der Waals surface area contributed by atoms with Crippen molar-refractivity contribution in [2.45, 2.75) is 43.6 Å². The van der Waals surface area contributed by atoms with Gasteiger partial charge in [0.25, 0.3) is 5.22 Å². The lowest BCUT2D eigenvalue weighted by atomic mass is 9.96. The van der Waals surface area contributed by atoms with Gasteiger partial charge in [0.1, 0.15) is 5.75 Å². The van der Waals surface area contributed by atoms with Crippen LogP contribution < -0.4 is 10.1 Å². The largest absolute Gasteiger partial charge is 0.494 e. The van der Waals surface area contributed by atoms with Crippen LogP contribution in [0.2, 0.25) is 0 Å². The maximum atomic E-state index is 12.5. The van der Waals surface area contributed by atoms with Gasteiger partial charge in [-0.25, -0.2) is 0 Å². The number of amides is 1. The molecule has 158 valence electrons. The molecule has 0 aliphatic heterocycles. The highest BCUT2D eigenvalue weighted by molar-refractivity contribution is 8.00. The maximum Gasteiger partial charge on any atom is 0.277 e. The fraction of sp³-hybridized carbons (Fsp3) is 0.348. The lowest BCUT2D eigenvalue weighted by molar-refractivity contribution is -0.120. The third kappa shape index (κ3) is 5.86. The van der Waals surface area contributed by atoms with E-state index >= 15 is 0 Å². The molecule has 1 N–H and O–H groups in total. The number of hydrogen-bond acceptors (Lipinski definition) is 6. The molecule has 2 atom stereocenters. The van der Waals surface area contributed by atoms with Crippen LogP contribution in [0.5, 0.6) is 5.75 Å². The van der Waals surface area contributed by atoms with Crippen LogP contribution in [0.1, 0.15) is 38.7 Å². The van der Waals surface area contributed by atoms with Crippen molar-refractivity contribution in [3.63, 3.8) is 0 Å². The Morgan fingerprint density at radius 2 is 1.83 bits per heavy atom. The van der Waals surface area contributed by atoms with Crippen molar-refractivity contribution in [1.82, 2.24) is 15.5 Å². The average molecular weight is 426 g/mol. The molecule has 1 heterocycles. The summed E-state index contributed by atoms with van der Waals surface area (Å²) in [6, 6.07) is 17.7. The number of carbonyl (C=O) groups excluding carboxylic acids is 1. The third-order valence-electron chi connectivity index (χ3n) is 4.75. The highest BCUT2D eigenvalue weighted by Crippen LogP contribution is 2.27. The van der Waals surface area contributed by atoms with E-state index in [0.29, 0.717) is 30.2 Å². The van der Waals surface area contributed by atoms with E-state index in [4.69, 9.17) is 9.15 Å². The Morgan fingerprint density at radius 1 is 1.10 bits per heavy atom. The Hall–Kier alpha value is -2.80. The van der Waals surface area contributed by atoms with E-state index < -0.39 is 0 Å². The zero-order valence-corrected chi connectivity index (χ0v) is 18.3. The second-order valence-corrected chi connectivity index (χ2v) is 8.14. The molecule has 7 heteroatoms. The number of benzene rings is 2. The standard InChI is InChI=1S/C23H27N3O3S/c1-4-17(18-9-7-6-8-10-18)15-24-21(27)16(3)30-23-26-25-22(29-23)19-11-13-20(14-12-19)28-5-2/h6-14,16-17H,4-5,15H2,1-3H3,(H,24,27)/t16-,17-/m1/s1. The fourth-order valence-electron chi connectivity index (χ4n) is 3.03. The highest BCUT2D eigenvalue weighted by Gasteiger charge is 2.20. The first kappa shape index (κ1) is 21.9. The number of nitrogens with one attached hydrogen (secondary N) is 1. The molecule has 3 rings (SSSR count). The monoisotopic (exact) mass is 425 g/mol. The molecule has 0 saturated carbocycles. The van der Waals surface area contributed by atoms with E-state index in [0.717, 1.165) is 17.7 Å². The van der Waals surface area contributed by atoms with Crippen molar-refractivity contribution < 1.29 is 13.9 Å². The molecular weight excluding hydrogens is 398 g/mol. The van der Waals surface area contributed by atoms with Crippen molar-refractivity contribution in [2.24, 2.45) is 0 Å². The molecule has 3 aromatic rings. The smallest absolute Gasteiger partial charge is 0.277 e. The van der Waals surface area contributed by atoms with Crippen LogP contribution in [0.4, 0.5) is 0 Å². The highest BCUT2D eigenvalue weighted by atomic mass is 32.2. The van der Waals surface area contributed by atoms with E-state index in [1.165, 1.54) is 17.3 Å². The molecule has 0 radical (unpaired) electrons. The second kappa shape index (κ2) is 10.8. The quantitative estimate of drug-likeness (QED) is 0.464. The molecule has 0 fully saturated rings. The van der Waals surface area contributed by atoms with Gasteiger partial charge in [-0.05, 0) is 50.1 Å². The maximum absolute atomic E-state index is 12.5. The first-order valence-corrected chi connectivity index (χ1v) is 11.0. The second-order valence-electron chi connectivity index (χ2n) is 6.85. The topological polar surface area (TPSA) is 77.2 Å². The van der Waals surface area contributed by atoms with Gasteiger partial charge in [-0.1, -0.05) is 49.0 Å². The molecule has 0 spiro atoms. The van der Waals surface area contributed by atoms with Crippen LogP contribution in [0.3, 0.4) is 0 Å². The SMILES string of the molecule is CCOc1ccc(-c2nnc(S[C@H](C)C(=O)NC[C@@H](CC)c3ccccc3)o2)cc1. The molecule has 6 nitrogen and oxygen atoms in total. The van der Waals surface area contributed by atoms with Crippen LogP contribution in [-0.4, -0.2) is 34.5 Å². The van der Waals surface area contributed by atoms with Crippen molar-refractivity contribution in [3.05, 3.63) is 60.2 Å². The van der Waals surface area contributed by atoms with Crippen molar-refractivity contribution in [3.8, 4) is 17.2 Å². The minimum atomic E-state index is -0.341. The summed E-state index contributed by atoms with van der Waals surface area (Å²) < 4.78 is 11.2. The average Bonchev–Trinajstić information content (AvgIpc) is 3.24. The van der Waals surface area contributed by atoms with E-state index in [1.807, 2.05) is 56.3 Å². The van der Waals surface area contributed by atoms with Crippen molar-refractivity contribution in [1.29, 1.82) is 0 Å². The number of aromatic nitrogens is 2. The molecule has 0 aliphatic rings. The van der Waals surface area contributed by atoms with Gasteiger partial charge in [-0.3, -0.25) is 4.79 Å². The summed E-state index contributed by atoms with van der Waals surface area (Å²) in [6.45, 7) is 7.13. The van der Waals surface area contributed by atoms with Gasteiger partial charge in [-0.2, -0.15) is 0 Å². The minimum Gasteiger partial charge on any atom is -0.494 e. The number of carbonyl (C=O) groups is 1. The molecule has 1 amide bonds. The summed E-state index contributed by atoms with van der Waals surface area (Å²) in [5.41, 5.74) is 2.04. The fourth-order valence-corrected chi connectivity index (χ4v) is 3.74. The predicted molar refractivity (Wildman–Crippen MR) is 119 cm³/mol. The molecule has 30 heavy (non-hydrogen) atoms. The summed E-state index contributed by atoms with van der Waals surface area (Å²) in [5.74, 6) is 1.46. The molecule has 2 aromatic carbocycles. The molecule has 0 bridgehead atoms. The number of hydrogen-bond donors (Lipinski definition) is 1. The third-order valence-corrected chi connectivity index (χ3v) is 5.69. The number of rotatable bonds is 10. The van der Waals surface area contributed by atoms with E-state index in [9.17, 15) is 4.79 Å². The summed E-state index contributed by atoms with van der Waals surface area (Å²) in [4.78, 5) is 12.5. The van der Waals surface area contributed by atoms with Crippen molar-refractivity contribution in [2.75, 3.05) is 13.2 Å². The summed E-state index contributed by atoms with van der Waals surface area (Å²) >= 11 is 1.26. The first-order valence-electron chi connectivity index (χ1n) is 10.2. The summed E-state index contributed by atoms with van der Waals surface area (Å²) in [6.07, 6.45) is 0.959. The van der Waals surface area contributed by atoms with Gasteiger partial charge in [-0.15, -0.1) is 10.2 Å². The zero-order valence-electron chi connectivity index (χ0n) is 17.5. The van der Waals surface area contributed by atoms with Crippen LogP contribution in [0.15, 0.2) is 64.2 Å². The van der Waals surface area contributed by atoms with Gasteiger partial charge >= 0.3 is 0 Å². The normalized spacial score (nSPS) is 12.9. The van der Waals surface area contributed by atoms with Gasteiger partial charge in [0, 0.05) is 18.0 Å². The van der Waals surface area contributed by atoms with Crippen LogP contribution in [0, 0.1) is 0 Å². The Morgan fingerprint density at radius 3 is 2.50 bits per heavy atom. The Kier molecular flexibility index (Phi) is 7.90. The Balaban J connectivity index is 1.54. The molecule has 1 aromatic heterocycles. The zero-order chi connectivity index (χ0) is 21.3. The summed E-state index contributed by atoms with van der Waals surface area (Å²) in [7, 11) is 0. The lowest BCUT2D eigenvalue weighted by Gasteiger charge is -2.17. The van der Waals surface area contributed by atoms with Gasteiger partial charge in [0.05, 0.1) is 11.9 Å². The van der Waals surface area contributed by atoms with Crippen LogP contribution in [0.25, 0.3) is 11.5 Å². The van der Waals surface area contributed by atoms with E-state index in [-0.39, 0.29) is 11.2 Å². The van der Waals surface area contributed by atoms with Crippen LogP contribution in [-0.2, 0) is 4.79 Å². The molecule has 0 saturated heterocycles. The van der Waals surface area contributed by atoms with E-state index in [2.05, 4.69) is 34.6 Å². The molecular formula is C23H27N3O3S. The Labute approximate surface area is 181 Å². The van der Waals surface area contributed by atoms with Gasteiger partial charge in [0.15, 0.2) is 0 Å². The van der Waals surface area contributed by atoms with Crippen molar-refractivity contribution >= 4 is 17.7 Å². The van der Waals surface area contributed by atoms with Crippen LogP contribution >= 0.6 is 11.8 Å². The number of nitrogens with zero attached hydrogens (tertiary/aromatic N) is 2. The minimum absolute atomic E-state index is 0.0461. The molecule has 0 unspecified atom stereocenters. The predicted octanol–water partition coefficient (Wildman–Crippen LogP) is 4.93. The number of ether oxygens (including phenoxy) is 1. The first-order chi connectivity index (χ1) is 14.6.